The molecular formula is C20H27FN2O3. The average Bonchev–Trinajstić information content (AvgIpc) is 2.67. The highest BCUT2D eigenvalue weighted by Crippen LogP contribution is 2.20. The number of amides is 2. The van der Waals surface area contributed by atoms with Crippen molar-refractivity contribution >= 4 is 11.8 Å². The molecule has 2 aliphatic rings. The summed E-state index contributed by atoms with van der Waals surface area (Å²) < 4.78 is 18.7. The van der Waals surface area contributed by atoms with Crippen LogP contribution in [0.3, 0.4) is 0 Å². The topological polar surface area (TPSA) is 49.9 Å². The molecule has 6 heteroatoms. The van der Waals surface area contributed by atoms with E-state index in [-0.39, 0.29) is 23.5 Å². The van der Waals surface area contributed by atoms with E-state index in [1.807, 2.05) is 9.80 Å². The first-order chi connectivity index (χ1) is 12.6. The van der Waals surface area contributed by atoms with Gasteiger partial charge in [0.05, 0.1) is 6.61 Å². The molecule has 0 radical (unpaired) electrons. The van der Waals surface area contributed by atoms with Gasteiger partial charge >= 0.3 is 0 Å². The van der Waals surface area contributed by atoms with Gasteiger partial charge in [0.1, 0.15) is 11.6 Å². The van der Waals surface area contributed by atoms with Crippen LogP contribution in [-0.4, -0.2) is 54.4 Å². The van der Waals surface area contributed by atoms with Crippen LogP contribution < -0.4 is 4.74 Å². The number of nitrogens with zero attached hydrogens (tertiary/aromatic N) is 2. The molecule has 1 aromatic rings. The molecule has 2 heterocycles. The molecule has 0 saturated carbocycles. The van der Waals surface area contributed by atoms with E-state index in [1.54, 1.807) is 12.1 Å². The zero-order chi connectivity index (χ0) is 18.4. The third-order valence-corrected chi connectivity index (χ3v) is 5.19. The molecule has 1 atom stereocenters. The summed E-state index contributed by atoms with van der Waals surface area (Å²) in [4.78, 5) is 28.1. The van der Waals surface area contributed by atoms with Crippen LogP contribution in [-0.2, 0) is 9.59 Å². The summed E-state index contributed by atoms with van der Waals surface area (Å²) >= 11 is 0. The summed E-state index contributed by atoms with van der Waals surface area (Å²) in [5.41, 5.74) is 0. The Balaban J connectivity index is 1.42. The molecular weight excluding hydrogens is 335 g/mol. The summed E-state index contributed by atoms with van der Waals surface area (Å²) in [6.45, 7) is 3.30. The first-order valence-corrected chi connectivity index (χ1v) is 9.56. The molecule has 0 N–H and O–H groups in total. The van der Waals surface area contributed by atoms with Gasteiger partial charge < -0.3 is 14.5 Å². The number of carbonyl (C=O) groups is 2. The summed E-state index contributed by atoms with van der Waals surface area (Å²) in [6, 6.07) is 6.01. The number of hydrogen-bond acceptors (Lipinski definition) is 3. The highest BCUT2D eigenvalue weighted by atomic mass is 19.1. The van der Waals surface area contributed by atoms with Gasteiger partial charge in [-0.05, 0) is 49.9 Å². The number of benzene rings is 1. The first-order valence-electron chi connectivity index (χ1n) is 9.56. The molecule has 0 aromatic heterocycles. The largest absolute Gasteiger partial charge is 0.493 e. The van der Waals surface area contributed by atoms with Gasteiger partial charge in [-0.2, -0.15) is 0 Å². The summed E-state index contributed by atoms with van der Waals surface area (Å²) in [5.74, 6) is 0.954. The van der Waals surface area contributed by atoms with Crippen LogP contribution in [0.1, 0.15) is 38.5 Å². The zero-order valence-electron chi connectivity index (χ0n) is 15.2. The van der Waals surface area contributed by atoms with E-state index < -0.39 is 0 Å². The van der Waals surface area contributed by atoms with E-state index in [0.29, 0.717) is 38.3 Å². The second-order valence-electron chi connectivity index (χ2n) is 7.20. The van der Waals surface area contributed by atoms with Crippen molar-refractivity contribution in [1.82, 2.24) is 9.80 Å². The highest BCUT2D eigenvalue weighted by Gasteiger charge is 2.25. The predicted octanol–water partition coefficient (Wildman–Crippen LogP) is 2.85. The quantitative estimate of drug-likeness (QED) is 0.782. The van der Waals surface area contributed by atoms with Crippen molar-refractivity contribution < 1.29 is 18.7 Å². The Labute approximate surface area is 154 Å². The molecule has 0 spiro atoms. The van der Waals surface area contributed by atoms with Crippen molar-refractivity contribution in [2.45, 2.75) is 38.5 Å². The van der Waals surface area contributed by atoms with Crippen molar-refractivity contribution in [2.75, 3.05) is 32.8 Å². The van der Waals surface area contributed by atoms with Gasteiger partial charge in [0.2, 0.25) is 11.8 Å². The maximum absolute atomic E-state index is 12.9. The minimum Gasteiger partial charge on any atom is -0.493 e. The smallest absolute Gasteiger partial charge is 0.224 e. The summed E-state index contributed by atoms with van der Waals surface area (Å²) in [5, 5.41) is 0. The van der Waals surface area contributed by atoms with E-state index in [2.05, 4.69) is 0 Å². The van der Waals surface area contributed by atoms with E-state index in [9.17, 15) is 14.0 Å². The summed E-state index contributed by atoms with van der Waals surface area (Å²) in [7, 11) is 0. The molecule has 2 amide bonds. The van der Waals surface area contributed by atoms with Crippen LogP contribution in [0.2, 0.25) is 0 Å². The molecule has 26 heavy (non-hydrogen) atoms. The zero-order valence-corrected chi connectivity index (χ0v) is 15.2. The fourth-order valence-electron chi connectivity index (χ4n) is 3.66. The first kappa shape index (κ1) is 18.7. The number of hydrogen-bond donors (Lipinski definition) is 0. The third-order valence-electron chi connectivity index (χ3n) is 5.19. The SMILES string of the molecule is O=C1CCCCN1CCC(=O)N1CCC[C@@H](COc2ccc(F)cc2)C1. The van der Waals surface area contributed by atoms with Crippen molar-refractivity contribution in [1.29, 1.82) is 0 Å². The number of rotatable bonds is 6. The Morgan fingerprint density at radius 3 is 2.73 bits per heavy atom. The van der Waals surface area contributed by atoms with Crippen LogP contribution in [0, 0.1) is 11.7 Å². The molecule has 1 aromatic carbocycles. The normalized spacial score (nSPS) is 21.0. The number of carbonyl (C=O) groups excluding carboxylic acids is 2. The Morgan fingerprint density at radius 2 is 1.96 bits per heavy atom. The second-order valence-corrected chi connectivity index (χ2v) is 7.20. The maximum Gasteiger partial charge on any atom is 0.224 e. The highest BCUT2D eigenvalue weighted by molar-refractivity contribution is 5.79. The van der Waals surface area contributed by atoms with Gasteiger partial charge in [-0.1, -0.05) is 0 Å². The number of likely N-dealkylation sites (tertiary alicyclic amines) is 2. The molecule has 0 unspecified atom stereocenters. The molecule has 2 aliphatic heterocycles. The number of ether oxygens (including phenoxy) is 1. The molecule has 2 fully saturated rings. The van der Waals surface area contributed by atoms with E-state index in [1.165, 1.54) is 12.1 Å². The average molecular weight is 362 g/mol. The fraction of sp³-hybridized carbons (Fsp3) is 0.600. The van der Waals surface area contributed by atoms with Crippen molar-refractivity contribution in [3.8, 4) is 5.75 Å². The molecule has 5 nitrogen and oxygen atoms in total. The molecule has 0 aliphatic carbocycles. The van der Waals surface area contributed by atoms with Crippen molar-refractivity contribution in [2.24, 2.45) is 5.92 Å². The monoisotopic (exact) mass is 362 g/mol. The molecule has 0 bridgehead atoms. The molecule has 3 rings (SSSR count). The third kappa shape index (κ3) is 5.19. The van der Waals surface area contributed by atoms with E-state index >= 15 is 0 Å². The number of halogens is 1. The van der Waals surface area contributed by atoms with Crippen LogP contribution in [0.5, 0.6) is 5.75 Å². The Kier molecular flexibility index (Phi) is 6.47. The second kappa shape index (κ2) is 9.01. The Hall–Kier alpha value is -2.11. The van der Waals surface area contributed by atoms with E-state index in [4.69, 9.17) is 4.74 Å². The number of piperidine rings is 2. The predicted molar refractivity (Wildman–Crippen MR) is 96.2 cm³/mol. The Bertz CT molecular complexity index is 620. The van der Waals surface area contributed by atoms with Crippen LogP contribution >= 0.6 is 0 Å². The maximum atomic E-state index is 12.9. The van der Waals surface area contributed by atoms with Gasteiger partial charge in [-0.15, -0.1) is 0 Å². The standard InChI is InChI=1S/C20H27FN2O3/c21-17-6-8-18(9-7-17)26-15-16-4-3-12-23(14-16)20(25)10-13-22-11-2-1-5-19(22)24/h6-9,16H,1-5,10-15H2/t16-/m1/s1. The van der Waals surface area contributed by atoms with Crippen LogP contribution in [0.4, 0.5) is 4.39 Å². The molecule has 142 valence electrons. The van der Waals surface area contributed by atoms with Crippen LogP contribution in [0.15, 0.2) is 24.3 Å². The fourth-order valence-corrected chi connectivity index (χ4v) is 3.66. The lowest BCUT2D eigenvalue weighted by Crippen LogP contribution is -2.43. The minimum atomic E-state index is -0.279. The van der Waals surface area contributed by atoms with Gasteiger partial charge in [0, 0.05) is 44.9 Å². The molecule has 2 saturated heterocycles. The lowest BCUT2D eigenvalue weighted by molar-refractivity contribution is -0.136. The Morgan fingerprint density at radius 1 is 1.15 bits per heavy atom. The van der Waals surface area contributed by atoms with E-state index in [0.717, 1.165) is 38.8 Å². The lowest BCUT2D eigenvalue weighted by atomic mass is 9.98. The van der Waals surface area contributed by atoms with Gasteiger partial charge in [0.25, 0.3) is 0 Å². The van der Waals surface area contributed by atoms with Gasteiger partial charge in [-0.25, -0.2) is 4.39 Å². The van der Waals surface area contributed by atoms with Crippen LogP contribution in [0.25, 0.3) is 0 Å². The lowest BCUT2D eigenvalue weighted by Gasteiger charge is -2.33. The van der Waals surface area contributed by atoms with Crippen molar-refractivity contribution in [3.05, 3.63) is 30.1 Å². The van der Waals surface area contributed by atoms with Crippen molar-refractivity contribution in [3.63, 3.8) is 0 Å². The summed E-state index contributed by atoms with van der Waals surface area (Å²) in [6.07, 6.45) is 5.00. The van der Waals surface area contributed by atoms with Gasteiger partial charge in [-0.3, -0.25) is 9.59 Å². The van der Waals surface area contributed by atoms with Gasteiger partial charge in [0.15, 0.2) is 0 Å². The minimum absolute atomic E-state index is 0.120.